The molecule has 2 aliphatic rings. The second-order valence-corrected chi connectivity index (χ2v) is 8.85. The van der Waals surface area contributed by atoms with E-state index in [1.165, 1.54) is 28.0 Å². The third-order valence-corrected chi connectivity index (χ3v) is 6.67. The van der Waals surface area contributed by atoms with Crippen molar-refractivity contribution in [3.05, 3.63) is 90.1 Å². The van der Waals surface area contributed by atoms with Crippen molar-refractivity contribution in [1.82, 2.24) is 4.57 Å². The summed E-state index contributed by atoms with van der Waals surface area (Å²) in [5.41, 5.74) is 1.89. The van der Waals surface area contributed by atoms with E-state index in [9.17, 15) is 14.4 Å². The van der Waals surface area contributed by atoms with Crippen LogP contribution in [0.3, 0.4) is 0 Å². The first-order valence-corrected chi connectivity index (χ1v) is 11.6. The van der Waals surface area contributed by atoms with Crippen LogP contribution in [0, 0.1) is 0 Å². The van der Waals surface area contributed by atoms with E-state index in [-0.39, 0.29) is 30.1 Å². The summed E-state index contributed by atoms with van der Waals surface area (Å²) in [6.07, 6.45) is 1.68. The molecule has 0 unspecified atom stereocenters. The number of carboxylic acid groups (broad SMARTS) is 1. The molecule has 1 aromatic heterocycles. The SMILES string of the molecule is CCOC(=O)C1=C(C)N=c2s/c(=C\c3ccc(C(=O)O)cc3)c(=O)n2[C@H]1c1ccc2c(c1)OCO2. The maximum absolute atomic E-state index is 13.6. The molecule has 10 heteroatoms. The summed E-state index contributed by atoms with van der Waals surface area (Å²) in [7, 11) is 0. The van der Waals surface area contributed by atoms with Crippen LogP contribution in [-0.4, -0.2) is 35.0 Å². The number of thiazole rings is 1. The molecule has 0 bridgehead atoms. The Bertz CT molecular complexity index is 1560. The van der Waals surface area contributed by atoms with Crippen molar-refractivity contribution < 1.29 is 28.9 Å². The van der Waals surface area contributed by atoms with E-state index >= 15 is 0 Å². The Morgan fingerprint density at radius 2 is 1.94 bits per heavy atom. The summed E-state index contributed by atoms with van der Waals surface area (Å²) in [6, 6.07) is 10.7. The minimum absolute atomic E-state index is 0.0990. The zero-order valence-corrected chi connectivity index (χ0v) is 19.6. The average Bonchev–Trinajstić information content (AvgIpc) is 3.42. The second kappa shape index (κ2) is 8.88. The summed E-state index contributed by atoms with van der Waals surface area (Å²) in [4.78, 5) is 42.7. The molecule has 0 radical (unpaired) electrons. The molecule has 2 aromatic carbocycles. The number of carbonyl (C=O) groups is 2. The first-order chi connectivity index (χ1) is 16.9. The largest absolute Gasteiger partial charge is 0.478 e. The number of hydrogen-bond donors (Lipinski definition) is 1. The number of hydrogen-bond acceptors (Lipinski definition) is 8. The highest BCUT2D eigenvalue weighted by molar-refractivity contribution is 7.07. The molecule has 0 spiro atoms. The van der Waals surface area contributed by atoms with Gasteiger partial charge in [-0.2, -0.15) is 0 Å². The Hall–Kier alpha value is -4.18. The smallest absolute Gasteiger partial charge is 0.338 e. The lowest BCUT2D eigenvalue weighted by atomic mass is 9.95. The van der Waals surface area contributed by atoms with Crippen LogP contribution in [-0.2, 0) is 9.53 Å². The fourth-order valence-electron chi connectivity index (χ4n) is 4.06. The van der Waals surface area contributed by atoms with Gasteiger partial charge in [0.15, 0.2) is 16.3 Å². The summed E-state index contributed by atoms with van der Waals surface area (Å²) < 4.78 is 18.1. The molecule has 0 saturated heterocycles. The summed E-state index contributed by atoms with van der Waals surface area (Å²) >= 11 is 1.19. The van der Waals surface area contributed by atoms with Crippen LogP contribution in [0.25, 0.3) is 6.08 Å². The maximum atomic E-state index is 13.6. The molecular formula is C25H20N2O7S. The third-order valence-electron chi connectivity index (χ3n) is 5.68. The number of rotatable bonds is 5. The molecule has 9 nitrogen and oxygen atoms in total. The lowest BCUT2D eigenvalue weighted by Crippen LogP contribution is -2.39. The van der Waals surface area contributed by atoms with Crippen LogP contribution in [0.2, 0.25) is 0 Å². The molecule has 178 valence electrons. The molecule has 0 aliphatic carbocycles. The standard InChI is InChI=1S/C25H20N2O7S/c1-3-32-24(31)20-13(2)26-25-27(21(20)16-8-9-17-18(11-16)34-12-33-17)22(28)19(35-25)10-14-4-6-15(7-5-14)23(29)30/h4-11,21H,3,12H2,1-2H3,(H,29,30)/b19-10-/t21-/m0/s1. The molecular weight excluding hydrogens is 472 g/mol. The molecule has 1 atom stereocenters. The van der Waals surface area contributed by atoms with Crippen LogP contribution >= 0.6 is 11.3 Å². The molecule has 0 saturated carbocycles. The first kappa shape index (κ1) is 22.6. The lowest BCUT2D eigenvalue weighted by molar-refractivity contribution is -0.139. The van der Waals surface area contributed by atoms with Crippen molar-refractivity contribution in [3.8, 4) is 11.5 Å². The summed E-state index contributed by atoms with van der Waals surface area (Å²) in [5, 5.41) is 9.12. The fourth-order valence-corrected chi connectivity index (χ4v) is 5.11. The highest BCUT2D eigenvalue weighted by atomic mass is 32.1. The molecule has 1 N–H and O–H groups in total. The molecule has 3 aromatic rings. The van der Waals surface area contributed by atoms with Gasteiger partial charge in [0.2, 0.25) is 6.79 Å². The van der Waals surface area contributed by atoms with Crippen molar-refractivity contribution in [1.29, 1.82) is 0 Å². The Labute approximate surface area is 202 Å². The van der Waals surface area contributed by atoms with Crippen molar-refractivity contribution in [2.75, 3.05) is 13.4 Å². The fraction of sp³-hybridized carbons (Fsp3) is 0.200. The number of ether oxygens (including phenoxy) is 3. The van der Waals surface area contributed by atoms with Crippen molar-refractivity contribution in [3.63, 3.8) is 0 Å². The van der Waals surface area contributed by atoms with Gasteiger partial charge in [-0.05, 0) is 55.3 Å². The van der Waals surface area contributed by atoms with Gasteiger partial charge in [-0.25, -0.2) is 14.6 Å². The van der Waals surface area contributed by atoms with Gasteiger partial charge in [0.1, 0.15) is 0 Å². The summed E-state index contributed by atoms with van der Waals surface area (Å²) in [6.45, 7) is 3.71. The molecule has 2 aliphatic heterocycles. The van der Waals surface area contributed by atoms with Crippen LogP contribution in [0.4, 0.5) is 0 Å². The van der Waals surface area contributed by atoms with Crippen molar-refractivity contribution in [2.24, 2.45) is 4.99 Å². The number of fused-ring (bicyclic) bond motifs is 2. The zero-order chi connectivity index (χ0) is 24.7. The van der Waals surface area contributed by atoms with Crippen LogP contribution in [0.15, 0.2) is 63.5 Å². The number of carbonyl (C=O) groups excluding carboxylic acids is 1. The number of allylic oxidation sites excluding steroid dienone is 1. The number of esters is 1. The van der Waals surface area contributed by atoms with E-state index in [2.05, 4.69) is 4.99 Å². The Morgan fingerprint density at radius 1 is 1.20 bits per heavy atom. The van der Waals surface area contributed by atoms with Crippen LogP contribution < -0.4 is 24.4 Å². The zero-order valence-electron chi connectivity index (χ0n) is 18.8. The van der Waals surface area contributed by atoms with Gasteiger partial charge in [0.25, 0.3) is 5.56 Å². The molecule has 0 fully saturated rings. The van der Waals surface area contributed by atoms with E-state index in [0.29, 0.717) is 37.7 Å². The van der Waals surface area contributed by atoms with E-state index in [1.54, 1.807) is 50.3 Å². The van der Waals surface area contributed by atoms with Crippen molar-refractivity contribution in [2.45, 2.75) is 19.9 Å². The predicted octanol–water partition coefficient (Wildman–Crippen LogP) is 2.23. The number of aromatic nitrogens is 1. The highest BCUT2D eigenvalue weighted by Gasteiger charge is 2.34. The Balaban J connectivity index is 1.68. The van der Waals surface area contributed by atoms with Gasteiger partial charge >= 0.3 is 11.9 Å². The summed E-state index contributed by atoms with van der Waals surface area (Å²) in [5.74, 6) is -0.457. The number of aromatic carboxylic acids is 1. The Kier molecular flexibility index (Phi) is 5.73. The lowest BCUT2D eigenvalue weighted by Gasteiger charge is -2.24. The van der Waals surface area contributed by atoms with Crippen LogP contribution in [0.5, 0.6) is 11.5 Å². The van der Waals surface area contributed by atoms with Gasteiger partial charge in [0, 0.05) is 0 Å². The average molecular weight is 493 g/mol. The van der Waals surface area contributed by atoms with E-state index in [4.69, 9.17) is 19.3 Å². The van der Waals surface area contributed by atoms with E-state index < -0.39 is 18.0 Å². The highest BCUT2D eigenvalue weighted by Crippen LogP contribution is 2.38. The number of benzene rings is 2. The Morgan fingerprint density at radius 3 is 2.66 bits per heavy atom. The predicted molar refractivity (Wildman–Crippen MR) is 126 cm³/mol. The minimum atomic E-state index is -1.03. The topological polar surface area (TPSA) is 116 Å². The molecule has 35 heavy (non-hydrogen) atoms. The van der Waals surface area contributed by atoms with Crippen molar-refractivity contribution >= 4 is 29.4 Å². The quantitative estimate of drug-likeness (QED) is 0.543. The maximum Gasteiger partial charge on any atom is 0.338 e. The van der Waals surface area contributed by atoms with Gasteiger partial charge in [0.05, 0.1) is 34.0 Å². The minimum Gasteiger partial charge on any atom is -0.478 e. The monoisotopic (exact) mass is 492 g/mol. The van der Waals surface area contributed by atoms with Gasteiger partial charge < -0.3 is 19.3 Å². The van der Waals surface area contributed by atoms with Gasteiger partial charge in [-0.3, -0.25) is 9.36 Å². The third kappa shape index (κ3) is 4.01. The number of nitrogens with zero attached hydrogens (tertiary/aromatic N) is 2. The number of carboxylic acids is 1. The molecule has 5 rings (SSSR count). The molecule has 3 heterocycles. The normalized spacial score (nSPS) is 16.6. The van der Waals surface area contributed by atoms with E-state index in [1.807, 2.05) is 0 Å². The van der Waals surface area contributed by atoms with Gasteiger partial charge in [-0.15, -0.1) is 0 Å². The first-order valence-electron chi connectivity index (χ1n) is 10.8. The van der Waals surface area contributed by atoms with E-state index in [0.717, 1.165) is 0 Å². The second-order valence-electron chi connectivity index (χ2n) is 7.84. The molecule has 0 amide bonds. The van der Waals surface area contributed by atoms with Crippen LogP contribution in [0.1, 0.15) is 41.4 Å². The van der Waals surface area contributed by atoms with Gasteiger partial charge in [-0.1, -0.05) is 29.5 Å².